The fourth-order valence-corrected chi connectivity index (χ4v) is 2.33. The van der Waals surface area contributed by atoms with Crippen LogP contribution in [0.3, 0.4) is 0 Å². The summed E-state index contributed by atoms with van der Waals surface area (Å²) < 4.78 is 22.0. The third-order valence-corrected chi connectivity index (χ3v) is 3.70. The van der Waals surface area contributed by atoms with Crippen LogP contribution in [0.25, 0.3) is 16.9 Å². The fourth-order valence-electron chi connectivity index (χ4n) is 2.33. The normalized spacial score (nSPS) is 10.2. The number of carbonyl (C=O) groups excluding carboxylic acids is 1. The number of rotatable bonds is 3. The quantitative estimate of drug-likeness (QED) is 0.290. The van der Waals surface area contributed by atoms with Crippen molar-refractivity contribution in [1.29, 1.82) is 0 Å². The molecule has 0 N–H and O–H groups in total. The molecule has 2 heterocycles. The van der Waals surface area contributed by atoms with Crippen LogP contribution in [0.15, 0.2) is 42.7 Å². The standard InChI is InChI=1S/C17H16FN4O2.HI/c1-11-4-5-13(10-14(11)18)22-16(12-6-8-21(2)9-7-12)15(19-20-22)17(23)24-3;/h4-10H,1-3H3;1H/q+1;/p-1. The second-order valence-corrected chi connectivity index (χ2v) is 5.38. The van der Waals surface area contributed by atoms with Crippen LogP contribution in [-0.2, 0) is 11.8 Å². The van der Waals surface area contributed by atoms with Crippen molar-refractivity contribution < 1.29 is 42.5 Å². The molecule has 25 heavy (non-hydrogen) atoms. The first kappa shape index (κ1) is 19.0. The number of methoxy groups -OCH3 is 1. The number of hydrogen-bond acceptors (Lipinski definition) is 4. The zero-order chi connectivity index (χ0) is 17.3. The molecule has 0 aliphatic rings. The molecule has 6 nitrogen and oxygen atoms in total. The molecule has 0 fully saturated rings. The number of benzene rings is 1. The number of aryl methyl sites for hydroxylation is 2. The van der Waals surface area contributed by atoms with Crippen molar-refractivity contribution in [2.75, 3.05) is 7.11 Å². The molecule has 0 atom stereocenters. The maximum absolute atomic E-state index is 13.9. The van der Waals surface area contributed by atoms with Crippen LogP contribution < -0.4 is 28.5 Å². The summed E-state index contributed by atoms with van der Waals surface area (Å²) in [5.41, 5.74) is 2.25. The first-order valence-electron chi connectivity index (χ1n) is 7.27. The van der Waals surface area contributed by atoms with Crippen LogP contribution in [0.4, 0.5) is 4.39 Å². The van der Waals surface area contributed by atoms with Crippen LogP contribution in [0.1, 0.15) is 16.1 Å². The molecule has 2 aromatic heterocycles. The molecular weight excluding hydrogens is 438 g/mol. The fraction of sp³-hybridized carbons (Fsp3) is 0.176. The summed E-state index contributed by atoms with van der Waals surface area (Å²) in [6, 6.07) is 8.38. The van der Waals surface area contributed by atoms with Gasteiger partial charge < -0.3 is 28.7 Å². The second kappa shape index (κ2) is 7.68. The maximum atomic E-state index is 13.9. The number of pyridine rings is 1. The van der Waals surface area contributed by atoms with Gasteiger partial charge in [-0.3, -0.25) is 0 Å². The average molecular weight is 454 g/mol. The molecule has 130 valence electrons. The minimum absolute atomic E-state index is 0. The Bertz CT molecular complexity index is 910. The molecule has 3 aromatic rings. The number of halogens is 2. The van der Waals surface area contributed by atoms with Crippen molar-refractivity contribution in [3.8, 4) is 16.9 Å². The summed E-state index contributed by atoms with van der Waals surface area (Å²) in [7, 11) is 3.16. The Kier molecular flexibility index (Phi) is 5.83. The van der Waals surface area contributed by atoms with Gasteiger partial charge in [-0.1, -0.05) is 11.3 Å². The molecule has 0 unspecified atom stereocenters. The summed E-state index contributed by atoms with van der Waals surface area (Å²) in [6.07, 6.45) is 3.67. The second-order valence-electron chi connectivity index (χ2n) is 5.38. The predicted octanol–water partition coefficient (Wildman–Crippen LogP) is -1.00. The highest BCUT2D eigenvalue weighted by molar-refractivity contribution is 5.94. The Balaban J connectivity index is 0.00000225. The Morgan fingerprint density at radius 3 is 2.52 bits per heavy atom. The van der Waals surface area contributed by atoms with Crippen molar-refractivity contribution in [3.05, 3.63) is 59.8 Å². The smallest absolute Gasteiger partial charge is 0.360 e. The summed E-state index contributed by atoms with van der Waals surface area (Å²) in [6.45, 7) is 1.68. The van der Waals surface area contributed by atoms with Gasteiger partial charge in [-0.2, -0.15) is 0 Å². The molecule has 0 aliphatic heterocycles. The van der Waals surface area contributed by atoms with E-state index in [2.05, 4.69) is 10.3 Å². The van der Waals surface area contributed by atoms with E-state index in [0.29, 0.717) is 16.9 Å². The number of ether oxygens (including phenoxy) is 1. The van der Waals surface area contributed by atoms with Crippen LogP contribution >= 0.6 is 0 Å². The highest BCUT2D eigenvalue weighted by Gasteiger charge is 2.23. The SMILES string of the molecule is COC(=O)c1nnn(-c2ccc(C)c(F)c2)c1-c1cc[n+](C)cc1.[I-]. The van der Waals surface area contributed by atoms with Crippen LogP contribution in [-0.4, -0.2) is 28.1 Å². The van der Waals surface area contributed by atoms with Crippen molar-refractivity contribution >= 4 is 5.97 Å². The lowest BCUT2D eigenvalue weighted by Crippen LogP contribution is -3.00. The maximum Gasteiger partial charge on any atom is 0.360 e. The lowest BCUT2D eigenvalue weighted by atomic mass is 10.1. The van der Waals surface area contributed by atoms with E-state index in [1.807, 2.05) is 36.1 Å². The number of nitrogens with zero attached hydrogens (tertiary/aromatic N) is 4. The van der Waals surface area contributed by atoms with Crippen molar-refractivity contribution in [3.63, 3.8) is 0 Å². The lowest BCUT2D eigenvalue weighted by molar-refractivity contribution is -0.671. The Morgan fingerprint density at radius 1 is 1.24 bits per heavy atom. The highest BCUT2D eigenvalue weighted by atomic mass is 127. The van der Waals surface area contributed by atoms with E-state index < -0.39 is 5.97 Å². The number of carbonyl (C=O) groups is 1. The molecule has 0 spiro atoms. The van der Waals surface area contributed by atoms with Gasteiger partial charge in [0, 0.05) is 17.7 Å². The summed E-state index contributed by atoms with van der Waals surface area (Å²) in [5, 5.41) is 7.94. The molecule has 1 aromatic carbocycles. The van der Waals surface area contributed by atoms with E-state index in [9.17, 15) is 9.18 Å². The third-order valence-electron chi connectivity index (χ3n) is 3.70. The van der Waals surface area contributed by atoms with Gasteiger partial charge in [0.15, 0.2) is 18.1 Å². The minimum Gasteiger partial charge on any atom is -1.00 e. The first-order valence-corrected chi connectivity index (χ1v) is 7.27. The van der Waals surface area contributed by atoms with Gasteiger partial charge in [-0.25, -0.2) is 18.4 Å². The highest BCUT2D eigenvalue weighted by Crippen LogP contribution is 2.25. The van der Waals surface area contributed by atoms with E-state index in [0.717, 1.165) is 5.56 Å². The minimum atomic E-state index is -0.600. The van der Waals surface area contributed by atoms with Crippen LogP contribution in [0, 0.1) is 12.7 Å². The summed E-state index contributed by atoms with van der Waals surface area (Å²) >= 11 is 0. The van der Waals surface area contributed by atoms with E-state index in [-0.39, 0.29) is 35.5 Å². The zero-order valence-corrected chi connectivity index (χ0v) is 16.1. The molecule has 0 amide bonds. The van der Waals surface area contributed by atoms with Gasteiger partial charge in [-0.15, -0.1) is 5.10 Å². The Morgan fingerprint density at radius 2 is 1.92 bits per heavy atom. The van der Waals surface area contributed by atoms with E-state index in [1.165, 1.54) is 17.9 Å². The van der Waals surface area contributed by atoms with Gasteiger partial charge in [0.2, 0.25) is 0 Å². The number of aromatic nitrogens is 4. The van der Waals surface area contributed by atoms with Crippen molar-refractivity contribution in [2.45, 2.75) is 6.92 Å². The Labute approximate surface area is 161 Å². The topological polar surface area (TPSA) is 60.9 Å². The molecule has 0 radical (unpaired) electrons. The zero-order valence-electron chi connectivity index (χ0n) is 13.9. The molecular formula is C17H16FIN4O2. The molecule has 0 saturated carbocycles. The average Bonchev–Trinajstić information content (AvgIpc) is 3.02. The van der Waals surface area contributed by atoms with E-state index >= 15 is 0 Å². The van der Waals surface area contributed by atoms with Crippen molar-refractivity contribution in [1.82, 2.24) is 15.0 Å². The monoisotopic (exact) mass is 454 g/mol. The van der Waals surface area contributed by atoms with Gasteiger partial charge >= 0.3 is 5.97 Å². The van der Waals surface area contributed by atoms with Gasteiger partial charge in [0.05, 0.1) is 12.8 Å². The molecule has 3 rings (SSSR count). The van der Waals surface area contributed by atoms with E-state index in [4.69, 9.17) is 4.74 Å². The van der Waals surface area contributed by atoms with Crippen LogP contribution in [0.5, 0.6) is 0 Å². The van der Waals surface area contributed by atoms with Gasteiger partial charge in [0.1, 0.15) is 18.6 Å². The first-order chi connectivity index (χ1) is 11.5. The molecule has 0 saturated heterocycles. The Hall–Kier alpha value is -2.36. The van der Waals surface area contributed by atoms with Crippen molar-refractivity contribution in [2.24, 2.45) is 7.05 Å². The predicted molar refractivity (Wildman–Crippen MR) is 84.0 cm³/mol. The molecule has 8 heteroatoms. The van der Waals surface area contributed by atoms with Crippen LogP contribution in [0.2, 0.25) is 0 Å². The largest absolute Gasteiger partial charge is 1.00 e. The van der Waals surface area contributed by atoms with Gasteiger partial charge in [0.25, 0.3) is 0 Å². The van der Waals surface area contributed by atoms with Gasteiger partial charge in [-0.05, 0) is 24.6 Å². The third kappa shape index (κ3) is 3.68. The molecule has 0 aliphatic carbocycles. The molecule has 0 bridgehead atoms. The number of hydrogen-bond donors (Lipinski definition) is 0. The summed E-state index contributed by atoms with van der Waals surface area (Å²) in [4.78, 5) is 12.0. The van der Waals surface area contributed by atoms with E-state index in [1.54, 1.807) is 19.1 Å². The lowest BCUT2D eigenvalue weighted by Gasteiger charge is -2.08. The number of esters is 1. The summed E-state index contributed by atoms with van der Waals surface area (Å²) in [5.74, 6) is -0.954.